The number of hydrogen-bond donors (Lipinski definition) is 0. The minimum Gasteiger partial charge on any atom is -0.302 e. The molecule has 1 fully saturated rings. The Balaban J connectivity index is 2.21. The first kappa shape index (κ1) is 16.7. The normalized spacial score (nSPS) is 19.8. The summed E-state index contributed by atoms with van der Waals surface area (Å²) >= 11 is 1.65. The molecule has 3 rings (SSSR count). The first-order valence-electron chi connectivity index (χ1n) is 8.68. The van der Waals surface area contributed by atoms with Crippen molar-refractivity contribution in [2.75, 3.05) is 19.6 Å². The van der Waals surface area contributed by atoms with Crippen LogP contribution in [0.3, 0.4) is 0 Å². The van der Waals surface area contributed by atoms with Crippen molar-refractivity contribution in [3.05, 3.63) is 26.6 Å². The van der Waals surface area contributed by atoms with Gasteiger partial charge in [0.05, 0.1) is 11.4 Å². The van der Waals surface area contributed by atoms with Crippen molar-refractivity contribution < 1.29 is 0 Å². The largest absolute Gasteiger partial charge is 0.302 e. The molecule has 2 aromatic rings. The van der Waals surface area contributed by atoms with Gasteiger partial charge in [-0.2, -0.15) is 0 Å². The maximum absolute atomic E-state index is 13.3. The Kier molecular flexibility index (Phi) is 4.61. The second-order valence-electron chi connectivity index (χ2n) is 6.95. The molecule has 0 radical (unpaired) electrons. The number of rotatable bonds is 3. The molecule has 1 aliphatic heterocycles. The molecule has 23 heavy (non-hydrogen) atoms. The Bertz CT molecular complexity index is 775. The van der Waals surface area contributed by atoms with Gasteiger partial charge in [0, 0.05) is 17.3 Å². The van der Waals surface area contributed by atoms with E-state index in [4.69, 9.17) is 4.98 Å². The van der Waals surface area contributed by atoms with Crippen molar-refractivity contribution >= 4 is 21.6 Å². The van der Waals surface area contributed by atoms with E-state index in [1.54, 1.807) is 11.3 Å². The van der Waals surface area contributed by atoms with Crippen molar-refractivity contribution in [1.29, 1.82) is 0 Å². The number of likely N-dealkylation sites (tertiary alicyclic amines) is 1. The maximum atomic E-state index is 13.3. The molecule has 126 valence electrons. The first-order valence-corrected chi connectivity index (χ1v) is 9.50. The number of nitrogens with zero attached hydrogens (tertiary/aromatic N) is 3. The minimum atomic E-state index is 0.170. The van der Waals surface area contributed by atoms with Gasteiger partial charge in [-0.15, -0.1) is 11.3 Å². The zero-order valence-electron chi connectivity index (χ0n) is 14.8. The number of likely N-dealkylation sites (N-methyl/N-ethyl adjacent to an activating group) is 1. The molecule has 0 N–H and O–H groups in total. The van der Waals surface area contributed by atoms with Gasteiger partial charge in [-0.1, -0.05) is 20.8 Å². The predicted molar refractivity (Wildman–Crippen MR) is 97.8 cm³/mol. The Labute approximate surface area is 142 Å². The quantitative estimate of drug-likeness (QED) is 0.856. The average molecular weight is 334 g/mol. The Morgan fingerprint density at radius 1 is 1.35 bits per heavy atom. The van der Waals surface area contributed by atoms with Crippen LogP contribution >= 0.6 is 11.3 Å². The van der Waals surface area contributed by atoms with Crippen LogP contribution in [0.2, 0.25) is 0 Å². The van der Waals surface area contributed by atoms with Crippen molar-refractivity contribution in [3.63, 3.8) is 0 Å². The van der Waals surface area contributed by atoms with Crippen LogP contribution in [0.4, 0.5) is 0 Å². The van der Waals surface area contributed by atoms with E-state index in [-0.39, 0.29) is 17.5 Å². The molecule has 0 spiro atoms. The Morgan fingerprint density at radius 2 is 2.09 bits per heavy atom. The van der Waals surface area contributed by atoms with Gasteiger partial charge in [0.15, 0.2) is 0 Å². The molecular weight excluding hydrogens is 306 g/mol. The number of hydrogen-bond acceptors (Lipinski definition) is 4. The van der Waals surface area contributed by atoms with Crippen LogP contribution < -0.4 is 5.56 Å². The van der Waals surface area contributed by atoms with Gasteiger partial charge in [0.1, 0.15) is 10.7 Å². The van der Waals surface area contributed by atoms with Crippen molar-refractivity contribution in [2.45, 2.75) is 59.4 Å². The molecule has 0 saturated carbocycles. The summed E-state index contributed by atoms with van der Waals surface area (Å²) in [7, 11) is 0. The Morgan fingerprint density at radius 3 is 2.74 bits per heavy atom. The average Bonchev–Trinajstić information content (AvgIpc) is 2.82. The first-order chi connectivity index (χ1) is 10.9. The second-order valence-corrected chi connectivity index (χ2v) is 8.16. The monoisotopic (exact) mass is 333 g/mol. The van der Waals surface area contributed by atoms with E-state index in [0.717, 1.165) is 54.1 Å². The fourth-order valence-electron chi connectivity index (χ4n) is 3.61. The van der Waals surface area contributed by atoms with E-state index >= 15 is 0 Å². The van der Waals surface area contributed by atoms with Crippen LogP contribution in [-0.4, -0.2) is 34.1 Å². The highest BCUT2D eigenvalue weighted by Gasteiger charge is 2.26. The molecular formula is C18H27N3OS. The molecule has 0 aliphatic carbocycles. The van der Waals surface area contributed by atoms with Crippen LogP contribution in [0.15, 0.2) is 4.79 Å². The molecule has 0 amide bonds. The number of piperidine rings is 1. The zero-order valence-corrected chi connectivity index (χ0v) is 15.7. The van der Waals surface area contributed by atoms with Gasteiger partial charge in [-0.05, 0) is 45.3 Å². The summed E-state index contributed by atoms with van der Waals surface area (Å²) in [5.74, 6) is 1.21. The van der Waals surface area contributed by atoms with Gasteiger partial charge in [0.25, 0.3) is 5.56 Å². The molecule has 3 heterocycles. The third-order valence-corrected chi connectivity index (χ3v) is 6.17. The minimum absolute atomic E-state index is 0.170. The summed E-state index contributed by atoms with van der Waals surface area (Å²) < 4.78 is 2.02. The summed E-state index contributed by atoms with van der Waals surface area (Å²) in [6.45, 7) is 13.8. The second kappa shape index (κ2) is 6.36. The highest BCUT2D eigenvalue weighted by atomic mass is 32.1. The van der Waals surface area contributed by atoms with Crippen molar-refractivity contribution in [2.24, 2.45) is 0 Å². The molecule has 2 aromatic heterocycles. The molecule has 0 aromatic carbocycles. The fraction of sp³-hybridized carbons (Fsp3) is 0.667. The van der Waals surface area contributed by atoms with Crippen molar-refractivity contribution in [1.82, 2.24) is 14.5 Å². The van der Waals surface area contributed by atoms with Crippen LogP contribution in [0.1, 0.15) is 61.8 Å². The standard InChI is InChI=1S/C18H27N3OS/c1-6-20-9-7-8-14(10-20)21-16(11(2)3)19-17-15(18(21)22)12(4)13(5)23-17/h11,14H,6-10H2,1-5H3/t14-/m1/s1. The lowest BCUT2D eigenvalue weighted by atomic mass is 10.0. The van der Waals surface area contributed by atoms with Crippen LogP contribution in [0.5, 0.6) is 0 Å². The third-order valence-electron chi connectivity index (χ3n) is 5.07. The van der Waals surface area contributed by atoms with E-state index in [2.05, 4.69) is 39.5 Å². The summed E-state index contributed by atoms with van der Waals surface area (Å²) in [6, 6.07) is 0.255. The van der Waals surface area contributed by atoms with Gasteiger partial charge < -0.3 is 4.90 Å². The summed E-state index contributed by atoms with van der Waals surface area (Å²) in [5, 5.41) is 0.838. The summed E-state index contributed by atoms with van der Waals surface area (Å²) in [4.78, 5) is 22.8. The van der Waals surface area contributed by atoms with Gasteiger partial charge >= 0.3 is 0 Å². The Hall–Kier alpha value is -1.20. The summed E-state index contributed by atoms with van der Waals surface area (Å²) in [5.41, 5.74) is 1.28. The number of fused-ring (bicyclic) bond motifs is 1. The van der Waals surface area contributed by atoms with Gasteiger partial charge in [0.2, 0.25) is 0 Å². The molecule has 1 aliphatic rings. The summed E-state index contributed by atoms with van der Waals surface area (Å²) in [6.07, 6.45) is 2.23. The zero-order chi connectivity index (χ0) is 16.7. The van der Waals surface area contributed by atoms with E-state index in [0.29, 0.717) is 0 Å². The predicted octanol–water partition coefficient (Wildman–Crippen LogP) is 3.86. The lowest BCUT2D eigenvalue weighted by Gasteiger charge is -2.34. The maximum Gasteiger partial charge on any atom is 0.262 e. The molecule has 4 nitrogen and oxygen atoms in total. The molecule has 0 unspecified atom stereocenters. The van der Waals surface area contributed by atoms with E-state index < -0.39 is 0 Å². The number of aryl methyl sites for hydroxylation is 2. The van der Waals surface area contributed by atoms with E-state index in [1.807, 2.05) is 4.57 Å². The molecule has 5 heteroatoms. The van der Waals surface area contributed by atoms with Gasteiger partial charge in [-0.25, -0.2) is 4.98 Å². The topological polar surface area (TPSA) is 38.1 Å². The van der Waals surface area contributed by atoms with E-state index in [1.165, 1.54) is 4.88 Å². The number of thiophene rings is 1. The molecule has 0 bridgehead atoms. The smallest absolute Gasteiger partial charge is 0.262 e. The van der Waals surface area contributed by atoms with Crippen LogP contribution in [-0.2, 0) is 0 Å². The van der Waals surface area contributed by atoms with Crippen LogP contribution in [0.25, 0.3) is 10.2 Å². The van der Waals surface area contributed by atoms with Crippen molar-refractivity contribution in [3.8, 4) is 0 Å². The highest BCUT2D eigenvalue weighted by Crippen LogP contribution is 2.30. The highest BCUT2D eigenvalue weighted by molar-refractivity contribution is 7.18. The fourth-order valence-corrected chi connectivity index (χ4v) is 4.64. The number of aromatic nitrogens is 2. The van der Waals surface area contributed by atoms with E-state index in [9.17, 15) is 4.79 Å². The molecule has 1 saturated heterocycles. The molecule has 1 atom stereocenters. The lowest BCUT2D eigenvalue weighted by Crippen LogP contribution is -2.41. The SMILES string of the molecule is CCN1CCC[C@@H](n2c(C(C)C)nc3sc(C)c(C)c3c2=O)C1. The third kappa shape index (κ3) is 2.85. The lowest BCUT2D eigenvalue weighted by molar-refractivity contribution is 0.180. The van der Waals surface area contributed by atoms with Crippen LogP contribution in [0, 0.1) is 13.8 Å². The van der Waals surface area contributed by atoms with Gasteiger partial charge in [-0.3, -0.25) is 9.36 Å².